The Labute approximate surface area is 246 Å². The second kappa shape index (κ2) is 12.4. The van der Waals surface area contributed by atoms with E-state index in [1.54, 1.807) is 11.7 Å². The lowest BCUT2D eigenvalue weighted by Gasteiger charge is -2.27. The number of nitrogens with one attached hydrogen (secondary N) is 1. The summed E-state index contributed by atoms with van der Waals surface area (Å²) in [5, 5.41) is 16.3. The molecule has 6 nitrogen and oxygen atoms in total. The predicted molar refractivity (Wildman–Crippen MR) is 168 cm³/mol. The summed E-state index contributed by atoms with van der Waals surface area (Å²) in [5.41, 5.74) is 4.37. The van der Waals surface area contributed by atoms with E-state index in [0.717, 1.165) is 53.4 Å². The van der Waals surface area contributed by atoms with Crippen molar-refractivity contribution in [2.75, 3.05) is 7.11 Å². The first-order valence-electron chi connectivity index (χ1n) is 14.6. The van der Waals surface area contributed by atoms with Gasteiger partial charge in [0, 0.05) is 17.0 Å². The molecule has 4 aromatic carbocycles. The molecule has 0 saturated heterocycles. The molecule has 2 N–H and O–H groups in total. The van der Waals surface area contributed by atoms with Crippen LogP contribution in [0, 0.1) is 0 Å². The Hall–Kier alpha value is -4.84. The van der Waals surface area contributed by atoms with Crippen molar-refractivity contribution in [3.8, 4) is 11.6 Å². The number of fused-ring (bicyclic) bond motifs is 1. The standard InChI is InChI=1S/C36H35N3O3/c1-42-29-23-21-26(22-24-29)34(35(40)38-28-17-9-4-10-18-28)39-31-20-12-11-19-30(31)32(36(39)41)33(25-13-5-2-6-14-25)37-27-15-7-3-8-16-27/h2-3,5-8,11-16,19-24,28,34,41H,4,9-10,17-18H2,1H3,(H,38,40). The topological polar surface area (TPSA) is 75.8 Å². The van der Waals surface area contributed by atoms with Crippen LogP contribution in [-0.4, -0.2) is 34.4 Å². The number of carbonyl (C=O) groups excluding carboxylic acids is 1. The van der Waals surface area contributed by atoms with Gasteiger partial charge in [-0.2, -0.15) is 0 Å². The van der Waals surface area contributed by atoms with E-state index in [9.17, 15) is 9.90 Å². The molecule has 1 saturated carbocycles. The minimum atomic E-state index is -0.801. The van der Waals surface area contributed by atoms with Crippen molar-refractivity contribution in [2.45, 2.75) is 44.2 Å². The Bertz CT molecular complexity index is 1690. The third-order valence-electron chi connectivity index (χ3n) is 8.06. The first kappa shape index (κ1) is 27.3. The van der Waals surface area contributed by atoms with Crippen LogP contribution in [0.25, 0.3) is 10.9 Å². The van der Waals surface area contributed by atoms with E-state index in [4.69, 9.17) is 9.73 Å². The molecule has 0 bridgehead atoms. The van der Waals surface area contributed by atoms with Crippen LogP contribution in [-0.2, 0) is 4.79 Å². The molecule has 1 amide bonds. The average Bonchev–Trinajstić information content (AvgIpc) is 3.33. The van der Waals surface area contributed by atoms with Crippen molar-refractivity contribution >= 4 is 28.2 Å². The second-order valence-electron chi connectivity index (χ2n) is 10.8. The van der Waals surface area contributed by atoms with Gasteiger partial charge in [-0.15, -0.1) is 0 Å². The molecule has 0 radical (unpaired) electrons. The summed E-state index contributed by atoms with van der Waals surface area (Å²) in [5.74, 6) is 0.555. The quantitative estimate of drug-likeness (QED) is 0.193. The molecule has 0 spiro atoms. The van der Waals surface area contributed by atoms with Crippen molar-refractivity contribution in [3.05, 3.63) is 126 Å². The van der Waals surface area contributed by atoms with Gasteiger partial charge >= 0.3 is 0 Å². The number of hydrogen-bond acceptors (Lipinski definition) is 4. The third kappa shape index (κ3) is 5.53. The monoisotopic (exact) mass is 557 g/mol. The van der Waals surface area contributed by atoms with E-state index in [-0.39, 0.29) is 17.8 Å². The minimum absolute atomic E-state index is 0.00523. The van der Waals surface area contributed by atoms with Crippen molar-refractivity contribution in [2.24, 2.45) is 4.99 Å². The lowest BCUT2D eigenvalue weighted by Crippen LogP contribution is -2.41. The number of nitrogens with zero attached hydrogens (tertiary/aromatic N) is 2. The normalized spacial score (nSPS) is 14.9. The van der Waals surface area contributed by atoms with Crippen LogP contribution in [0.4, 0.5) is 5.69 Å². The number of para-hydroxylation sites is 2. The zero-order chi connectivity index (χ0) is 28.9. The number of rotatable bonds is 8. The summed E-state index contributed by atoms with van der Waals surface area (Å²) < 4.78 is 7.16. The van der Waals surface area contributed by atoms with Gasteiger partial charge in [-0.25, -0.2) is 4.99 Å². The van der Waals surface area contributed by atoms with Crippen LogP contribution in [0.3, 0.4) is 0 Å². The highest BCUT2D eigenvalue weighted by molar-refractivity contribution is 6.22. The zero-order valence-electron chi connectivity index (χ0n) is 23.7. The molecular weight excluding hydrogens is 522 g/mol. The average molecular weight is 558 g/mol. The van der Waals surface area contributed by atoms with Crippen molar-refractivity contribution in [1.82, 2.24) is 9.88 Å². The Balaban J connectivity index is 1.56. The molecule has 6 heteroatoms. The molecule has 1 heterocycles. The third-order valence-corrected chi connectivity index (χ3v) is 8.06. The summed E-state index contributed by atoms with van der Waals surface area (Å²) in [6.07, 6.45) is 5.34. The highest BCUT2D eigenvalue weighted by Crippen LogP contribution is 2.39. The molecule has 1 unspecified atom stereocenters. The summed E-state index contributed by atoms with van der Waals surface area (Å²) in [7, 11) is 1.62. The predicted octanol–water partition coefficient (Wildman–Crippen LogP) is 7.56. The molecule has 1 aromatic heterocycles. The van der Waals surface area contributed by atoms with Crippen molar-refractivity contribution in [3.63, 3.8) is 0 Å². The number of ether oxygens (including phenoxy) is 1. The van der Waals surface area contributed by atoms with E-state index in [2.05, 4.69) is 5.32 Å². The first-order valence-corrected chi connectivity index (χ1v) is 14.6. The summed E-state index contributed by atoms with van der Waals surface area (Å²) >= 11 is 0. The van der Waals surface area contributed by atoms with Gasteiger partial charge in [0.25, 0.3) is 0 Å². The smallest absolute Gasteiger partial charge is 0.248 e. The van der Waals surface area contributed by atoms with E-state index < -0.39 is 6.04 Å². The van der Waals surface area contributed by atoms with Crippen LogP contribution in [0.1, 0.15) is 54.8 Å². The van der Waals surface area contributed by atoms with Crippen LogP contribution in [0.15, 0.2) is 114 Å². The molecule has 212 valence electrons. The van der Waals surface area contributed by atoms with E-state index >= 15 is 0 Å². The fourth-order valence-corrected chi connectivity index (χ4v) is 5.97. The maximum atomic E-state index is 14.2. The molecule has 1 aliphatic rings. The second-order valence-corrected chi connectivity index (χ2v) is 10.8. The minimum Gasteiger partial charge on any atom is -0.497 e. The molecular formula is C36H35N3O3. The maximum absolute atomic E-state index is 14.2. The Morgan fingerprint density at radius 3 is 2.19 bits per heavy atom. The molecule has 1 aliphatic carbocycles. The van der Waals surface area contributed by atoms with E-state index in [1.165, 1.54) is 6.42 Å². The van der Waals surface area contributed by atoms with E-state index in [0.29, 0.717) is 17.0 Å². The van der Waals surface area contributed by atoms with Gasteiger partial charge in [0.15, 0.2) is 0 Å². The Morgan fingerprint density at radius 1 is 0.857 bits per heavy atom. The van der Waals surface area contributed by atoms with Gasteiger partial charge in [-0.1, -0.05) is 98.1 Å². The molecule has 5 aromatic rings. The van der Waals surface area contributed by atoms with Gasteiger partial charge in [0.2, 0.25) is 11.8 Å². The van der Waals surface area contributed by atoms with Gasteiger partial charge < -0.3 is 15.2 Å². The Morgan fingerprint density at radius 2 is 1.50 bits per heavy atom. The summed E-state index contributed by atoms with van der Waals surface area (Å²) in [6, 6.07) is 34.2. The first-order chi connectivity index (χ1) is 20.6. The fourth-order valence-electron chi connectivity index (χ4n) is 5.97. The highest BCUT2D eigenvalue weighted by atomic mass is 16.5. The number of aromatic hydroxyl groups is 1. The summed E-state index contributed by atoms with van der Waals surface area (Å²) in [6.45, 7) is 0. The zero-order valence-corrected chi connectivity index (χ0v) is 23.7. The number of methoxy groups -OCH3 is 1. The molecule has 1 fully saturated rings. The summed E-state index contributed by atoms with van der Waals surface area (Å²) in [4.78, 5) is 19.2. The number of amides is 1. The van der Waals surface area contributed by atoms with Gasteiger partial charge in [0.1, 0.15) is 11.8 Å². The number of hydrogen-bond donors (Lipinski definition) is 2. The van der Waals surface area contributed by atoms with Crippen LogP contribution in [0.5, 0.6) is 11.6 Å². The number of aromatic nitrogens is 1. The van der Waals surface area contributed by atoms with Crippen LogP contribution in [0.2, 0.25) is 0 Å². The van der Waals surface area contributed by atoms with Crippen molar-refractivity contribution < 1.29 is 14.6 Å². The van der Waals surface area contributed by atoms with Gasteiger partial charge in [-0.3, -0.25) is 9.36 Å². The molecule has 1 atom stereocenters. The lowest BCUT2D eigenvalue weighted by atomic mass is 9.95. The largest absolute Gasteiger partial charge is 0.497 e. The molecule has 42 heavy (non-hydrogen) atoms. The van der Waals surface area contributed by atoms with Gasteiger partial charge in [0.05, 0.1) is 29.6 Å². The fraction of sp³-hybridized carbons (Fsp3) is 0.222. The van der Waals surface area contributed by atoms with Gasteiger partial charge in [-0.05, 0) is 48.7 Å². The molecule has 0 aliphatic heterocycles. The van der Waals surface area contributed by atoms with E-state index in [1.807, 2.05) is 109 Å². The maximum Gasteiger partial charge on any atom is 0.248 e. The SMILES string of the molecule is COc1ccc(C(C(=O)NC2CCCCC2)n2c(O)c(C(=Nc3ccccc3)c3ccccc3)c3ccccc32)cc1. The van der Waals surface area contributed by atoms with Crippen LogP contribution >= 0.6 is 0 Å². The lowest BCUT2D eigenvalue weighted by molar-refractivity contribution is -0.124. The number of aliphatic imine (C=N–C) groups is 1. The number of benzene rings is 4. The molecule has 6 rings (SSSR count). The highest BCUT2D eigenvalue weighted by Gasteiger charge is 2.32. The van der Waals surface area contributed by atoms with Crippen molar-refractivity contribution in [1.29, 1.82) is 0 Å². The Kier molecular flexibility index (Phi) is 8.04. The number of carbonyl (C=O) groups is 1. The van der Waals surface area contributed by atoms with Crippen LogP contribution < -0.4 is 10.1 Å².